The van der Waals surface area contributed by atoms with E-state index in [9.17, 15) is 5.11 Å². The summed E-state index contributed by atoms with van der Waals surface area (Å²) in [4.78, 5) is 7.11. The molecular weight excluding hydrogens is 262 g/mol. The van der Waals surface area contributed by atoms with Crippen molar-refractivity contribution in [3.05, 3.63) is 30.1 Å². The van der Waals surface area contributed by atoms with Crippen LogP contribution in [-0.2, 0) is 6.54 Å². The van der Waals surface area contributed by atoms with Gasteiger partial charge in [-0.25, -0.2) is 4.98 Å². The fourth-order valence-corrected chi connectivity index (χ4v) is 3.41. The van der Waals surface area contributed by atoms with E-state index < -0.39 is 0 Å². The first kappa shape index (κ1) is 14.5. The molecule has 4 nitrogen and oxygen atoms in total. The zero-order valence-electron chi connectivity index (χ0n) is 13.0. The number of rotatable bonds is 4. The Labute approximate surface area is 126 Å². The Morgan fingerprint density at radius 1 is 1.33 bits per heavy atom. The fraction of sp³-hybridized carbons (Fsp3) is 0.588. The normalized spacial score (nSPS) is 21.8. The fourth-order valence-electron chi connectivity index (χ4n) is 3.41. The van der Waals surface area contributed by atoms with Gasteiger partial charge < -0.3 is 14.6 Å². The van der Waals surface area contributed by atoms with Crippen molar-refractivity contribution < 1.29 is 5.11 Å². The molecule has 1 aromatic heterocycles. The van der Waals surface area contributed by atoms with Crippen LogP contribution >= 0.6 is 0 Å². The molecule has 1 aliphatic rings. The van der Waals surface area contributed by atoms with Gasteiger partial charge in [0.25, 0.3) is 0 Å². The summed E-state index contributed by atoms with van der Waals surface area (Å²) < 4.78 is 2.31. The summed E-state index contributed by atoms with van der Waals surface area (Å²) >= 11 is 0. The van der Waals surface area contributed by atoms with E-state index in [1.807, 2.05) is 13.0 Å². The van der Waals surface area contributed by atoms with Gasteiger partial charge in [0.1, 0.15) is 5.82 Å². The molecule has 4 heteroatoms. The average Bonchev–Trinajstić information content (AvgIpc) is 2.81. The molecule has 1 N–H and O–H groups in total. The summed E-state index contributed by atoms with van der Waals surface area (Å²) in [5.74, 6) is 1.51. The van der Waals surface area contributed by atoms with E-state index in [2.05, 4.69) is 39.6 Å². The molecule has 21 heavy (non-hydrogen) atoms. The first-order valence-electron chi connectivity index (χ1n) is 7.97. The van der Waals surface area contributed by atoms with Gasteiger partial charge >= 0.3 is 0 Å². The van der Waals surface area contributed by atoms with E-state index in [1.54, 1.807) is 0 Å². The minimum atomic E-state index is -0.191. The number of aromatic nitrogens is 2. The molecule has 1 saturated heterocycles. The second-order valence-electron chi connectivity index (χ2n) is 6.24. The second-order valence-corrected chi connectivity index (χ2v) is 6.24. The number of nitrogens with zero attached hydrogens (tertiary/aromatic N) is 3. The number of hydrogen-bond donors (Lipinski definition) is 1. The lowest BCUT2D eigenvalue weighted by atomic mass is 9.93. The molecule has 2 heterocycles. The largest absolute Gasteiger partial charge is 0.393 e. The number of likely N-dealkylation sites (tertiary alicyclic amines) is 1. The van der Waals surface area contributed by atoms with Crippen LogP contribution in [-0.4, -0.2) is 45.3 Å². The van der Waals surface area contributed by atoms with Crippen LogP contribution in [0, 0.1) is 12.8 Å². The lowest BCUT2D eigenvalue weighted by Crippen LogP contribution is -2.40. The van der Waals surface area contributed by atoms with Crippen molar-refractivity contribution in [3.63, 3.8) is 0 Å². The Balaban J connectivity index is 1.68. The third kappa shape index (κ3) is 3.11. The van der Waals surface area contributed by atoms with Gasteiger partial charge in [-0.2, -0.15) is 0 Å². The van der Waals surface area contributed by atoms with Crippen molar-refractivity contribution in [2.24, 2.45) is 5.92 Å². The van der Waals surface area contributed by atoms with E-state index in [0.29, 0.717) is 5.92 Å². The van der Waals surface area contributed by atoms with Gasteiger partial charge in [-0.15, -0.1) is 0 Å². The van der Waals surface area contributed by atoms with Crippen LogP contribution in [0.1, 0.15) is 25.6 Å². The van der Waals surface area contributed by atoms with Crippen LogP contribution in [0.2, 0.25) is 0 Å². The molecule has 114 valence electrons. The number of aryl methyl sites for hydroxylation is 1. The van der Waals surface area contributed by atoms with E-state index in [1.165, 1.54) is 11.9 Å². The highest BCUT2D eigenvalue weighted by atomic mass is 16.3. The van der Waals surface area contributed by atoms with Gasteiger partial charge in [0.15, 0.2) is 0 Å². The number of aliphatic hydroxyl groups excluding tert-OH is 1. The second kappa shape index (κ2) is 6.16. The molecule has 0 radical (unpaired) electrons. The Bertz CT molecular complexity index is 605. The summed E-state index contributed by atoms with van der Waals surface area (Å²) in [5, 5.41) is 9.79. The van der Waals surface area contributed by atoms with Crippen molar-refractivity contribution >= 4 is 11.0 Å². The summed E-state index contributed by atoms with van der Waals surface area (Å²) in [6, 6.07) is 8.33. The minimum Gasteiger partial charge on any atom is -0.393 e. The number of para-hydroxylation sites is 2. The predicted octanol–water partition coefficient (Wildman–Crippen LogP) is 2.44. The van der Waals surface area contributed by atoms with Crippen LogP contribution in [0.15, 0.2) is 24.3 Å². The monoisotopic (exact) mass is 287 g/mol. The van der Waals surface area contributed by atoms with Crippen LogP contribution in [0.25, 0.3) is 11.0 Å². The SMILES string of the molecule is Cc1nc2ccccc2n1CCN1CCCC(C(C)O)C1. The Kier molecular flexibility index (Phi) is 4.27. The van der Waals surface area contributed by atoms with E-state index in [0.717, 1.165) is 43.9 Å². The maximum absolute atomic E-state index is 9.79. The Morgan fingerprint density at radius 3 is 2.95 bits per heavy atom. The molecule has 1 fully saturated rings. The lowest BCUT2D eigenvalue weighted by molar-refractivity contribution is 0.0616. The van der Waals surface area contributed by atoms with E-state index in [-0.39, 0.29) is 6.10 Å². The molecule has 0 saturated carbocycles. The maximum Gasteiger partial charge on any atom is 0.106 e. The Hall–Kier alpha value is -1.39. The topological polar surface area (TPSA) is 41.3 Å². The highest BCUT2D eigenvalue weighted by Gasteiger charge is 2.23. The van der Waals surface area contributed by atoms with Crippen molar-refractivity contribution in [3.8, 4) is 0 Å². The minimum absolute atomic E-state index is 0.191. The van der Waals surface area contributed by atoms with Gasteiger partial charge in [-0.05, 0) is 51.3 Å². The van der Waals surface area contributed by atoms with Gasteiger partial charge in [-0.3, -0.25) is 0 Å². The molecule has 3 rings (SSSR count). The quantitative estimate of drug-likeness (QED) is 0.939. The average molecular weight is 287 g/mol. The predicted molar refractivity (Wildman–Crippen MR) is 85.3 cm³/mol. The number of benzene rings is 1. The van der Waals surface area contributed by atoms with E-state index >= 15 is 0 Å². The van der Waals surface area contributed by atoms with E-state index in [4.69, 9.17) is 0 Å². The van der Waals surface area contributed by atoms with Crippen molar-refractivity contribution in [2.45, 2.75) is 39.3 Å². The van der Waals surface area contributed by atoms with Gasteiger partial charge in [0, 0.05) is 19.6 Å². The van der Waals surface area contributed by atoms with Crippen LogP contribution < -0.4 is 0 Å². The summed E-state index contributed by atoms with van der Waals surface area (Å²) in [7, 11) is 0. The molecule has 2 unspecified atom stereocenters. The van der Waals surface area contributed by atoms with Gasteiger partial charge in [-0.1, -0.05) is 12.1 Å². The van der Waals surface area contributed by atoms with Crippen molar-refractivity contribution in [1.82, 2.24) is 14.5 Å². The van der Waals surface area contributed by atoms with Gasteiger partial charge in [0.2, 0.25) is 0 Å². The molecular formula is C17H25N3O. The third-order valence-electron chi connectivity index (χ3n) is 4.71. The molecule has 1 aromatic carbocycles. The molecule has 0 bridgehead atoms. The van der Waals surface area contributed by atoms with Gasteiger partial charge in [0.05, 0.1) is 17.1 Å². The molecule has 0 spiro atoms. The highest BCUT2D eigenvalue weighted by Crippen LogP contribution is 2.20. The molecule has 0 amide bonds. The number of aliphatic hydroxyl groups is 1. The highest BCUT2D eigenvalue weighted by molar-refractivity contribution is 5.75. The summed E-state index contributed by atoms with van der Waals surface area (Å²) in [6.07, 6.45) is 2.16. The lowest BCUT2D eigenvalue weighted by Gasteiger charge is -2.34. The third-order valence-corrected chi connectivity index (χ3v) is 4.71. The summed E-state index contributed by atoms with van der Waals surface area (Å²) in [6.45, 7) is 8.16. The zero-order chi connectivity index (χ0) is 14.8. The number of hydrogen-bond acceptors (Lipinski definition) is 3. The number of piperidine rings is 1. The van der Waals surface area contributed by atoms with Crippen molar-refractivity contribution in [2.75, 3.05) is 19.6 Å². The van der Waals surface area contributed by atoms with Crippen LogP contribution in [0.5, 0.6) is 0 Å². The first-order chi connectivity index (χ1) is 10.1. The first-order valence-corrected chi connectivity index (χ1v) is 7.97. The summed E-state index contributed by atoms with van der Waals surface area (Å²) in [5.41, 5.74) is 2.30. The van der Waals surface area contributed by atoms with Crippen LogP contribution in [0.3, 0.4) is 0 Å². The van der Waals surface area contributed by atoms with Crippen LogP contribution in [0.4, 0.5) is 0 Å². The molecule has 2 atom stereocenters. The zero-order valence-corrected chi connectivity index (χ0v) is 13.0. The molecule has 1 aliphatic heterocycles. The smallest absolute Gasteiger partial charge is 0.106 e. The maximum atomic E-state index is 9.79. The molecule has 0 aliphatic carbocycles. The van der Waals surface area contributed by atoms with Crippen molar-refractivity contribution in [1.29, 1.82) is 0 Å². The number of imidazole rings is 1. The number of fused-ring (bicyclic) bond motifs is 1. The molecule has 2 aromatic rings. The Morgan fingerprint density at radius 2 is 2.14 bits per heavy atom. The standard InChI is InChI=1S/C17H25N3O/c1-13(21)15-6-5-9-19(12-15)10-11-20-14(2)18-16-7-3-4-8-17(16)20/h3-4,7-8,13,15,21H,5-6,9-12H2,1-2H3.